The molecular formula is C18H26N4OS. The summed E-state index contributed by atoms with van der Waals surface area (Å²) >= 11 is 1.95. The normalized spacial score (nSPS) is 18.8. The third-order valence-electron chi connectivity index (χ3n) is 4.35. The zero-order valence-electron chi connectivity index (χ0n) is 14.2. The molecule has 3 rings (SSSR count). The van der Waals surface area contributed by atoms with E-state index in [-0.39, 0.29) is 11.8 Å². The molecule has 0 saturated heterocycles. The fraction of sp³-hybridized carbons (Fsp3) is 0.556. The molecule has 0 unspecified atom stereocenters. The summed E-state index contributed by atoms with van der Waals surface area (Å²) in [6.07, 6.45) is 4.55. The number of benzene rings is 1. The minimum absolute atomic E-state index is 0.191. The maximum Gasteiger partial charge on any atom is 0.223 e. The van der Waals surface area contributed by atoms with Crippen LogP contribution in [0.5, 0.6) is 0 Å². The first-order chi connectivity index (χ1) is 11.7. The van der Waals surface area contributed by atoms with E-state index in [0.29, 0.717) is 17.8 Å². The highest BCUT2D eigenvalue weighted by molar-refractivity contribution is 8.01. The zero-order valence-corrected chi connectivity index (χ0v) is 15.0. The topological polar surface area (TPSA) is 65.5 Å². The molecule has 0 atom stereocenters. The highest BCUT2D eigenvalue weighted by Crippen LogP contribution is 2.51. The number of nitrogens with zero attached hydrogens (tertiary/aromatic N) is 1. The van der Waals surface area contributed by atoms with E-state index >= 15 is 0 Å². The summed E-state index contributed by atoms with van der Waals surface area (Å²) in [7, 11) is 1.78. The summed E-state index contributed by atoms with van der Waals surface area (Å²) in [6, 6.07) is 10.6. The van der Waals surface area contributed by atoms with Crippen LogP contribution in [0.15, 0.2) is 40.2 Å². The lowest BCUT2D eigenvalue weighted by molar-refractivity contribution is -0.122. The van der Waals surface area contributed by atoms with Gasteiger partial charge >= 0.3 is 0 Å². The predicted molar refractivity (Wildman–Crippen MR) is 99.4 cm³/mol. The maximum atomic E-state index is 11.6. The minimum atomic E-state index is 0.191. The van der Waals surface area contributed by atoms with Gasteiger partial charge in [-0.15, -0.1) is 11.8 Å². The first-order valence-corrected chi connectivity index (χ1v) is 9.49. The van der Waals surface area contributed by atoms with Crippen LogP contribution < -0.4 is 16.0 Å². The quantitative estimate of drug-likeness (QED) is 0.383. The molecule has 2 fully saturated rings. The summed E-state index contributed by atoms with van der Waals surface area (Å²) in [6.45, 7) is 2.23. The number of hydrogen-bond acceptors (Lipinski definition) is 3. The monoisotopic (exact) mass is 346 g/mol. The molecule has 0 spiro atoms. The third-order valence-corrected chi connectivity index (χ3v) is 5.85. The van der Waals surface area contributed by atoms with Gasteiger partial charge in [0.05, 0.1) is 0 Å². The Hall–Kier alpha value is -1.69. The fourth-order valence-corrected chi connectivity index (χ4v) is 3.76. The highest BCUT2D eigenvalue weighted by atomic mass is 32.2. The van der Waals surface area contributed by atoms with Crippen molar-refractivity contribution in [2.45, 2.75) is 35.3 Å². The van der Waals surface area contributed by atoms with Crippen LogP contribution >= 0.6 is 11.8 Å². The number of nitrogens with one attached hydrogen (secondary N) is 3. The number of rotatable bonds is 8. The first kappa shape index (κ1) is 17.1. The Morgan fingerprint density at radius 3 is 2.50 bits per heavy atom. The number of aliphatic imine (C=N–C) groups is 1. The number of carbonyl (C=O) groups excluding carboxylic acids is 1. The Morgan fingerprint density at radius 1 is 1.17 bits per heavy atom. The number of amides is 1. The van der Waals surface area contributed by atoms with Crippen molar-refractivity contribution >= 4 is 23.6 Å². The van der Waals surface area contributed by atoms with Crippen molar-refractivity contribution in [3.63, 3.8) is 0 Å². The Labute approximate surface area is 148 Å². The van der Waals surface area contributed by atoms with E-state index in [1.54, 1.807) is 7.05 Å². The predicted octanol–water partition coefficient (Wildman–Crippen LogP) is 2.00. The van der Waals surface area contributed by atoms with Gasteiger partial charge in [-0.2, -0.15) is 0 Å². The van der Waals surface area contributed by atoms with Crippen molar-refractivity contribution in [3.05, 3.63) is 30.3 Å². The van der Waals surface area contributed by atoms with Crippen molar-refractivity contribution in [1.29, 1.82) is 0 Å². The Balaban J connectivity index is 1.35. The molecule has 0 aliphatic heterocycles. The lowest BCUT2D eigenvalue weighted by atomic mass is 10.4. The van der Waals surface area contributed by atoms with E-state index in [9.17, 15) is 4.79 Å². The van der Waals surface area contributed by atoms with Crippen molar-refractivity contribution in [2.75, 3.05) is 26.7 Å². The van der Waals surface area contributed by atoms with Gasteiger partial charge in [0.25, 0.3) is 0 Å². The molecule has 1 aromatic rings. The van der Waals surface area contributed by atoms with Gasteiger partial charge < -0.3 is 16.0 Å². The van der Waals surface area contributed by atoms with Crippen molar-refractivity contribution < 1.29 is 4.79 Å². The lowest BCUT2D eigenvalue weighted by Crippen LogP contribution is -2.44. The lowest BCUT2D eigenvalue weighted by Gasteiger charge is -2.18. The Morgan fingerprint density at radius 2 is 1.88 bits per heavy atom. The standard InChI is InChI=1S/C18H26N4OS/c1-19-17(21-12-11-20-16(23)14-7-8-14)22-13-18(9-10-18)24-15-5-3-2-4-6-15/h2-6,14H,7-13H2,1H3,(H,20,23)(H2,19,21,22). The Bertz CT molecular complexity index is 582. The third kappa shape index (κ3) is 5.16. The molecule has 0 heterocycles. The summed E-state index contributed by atoms with van der Waals surface area (Å²) < 4.78 is 0.291. The average molecular weight is 347 g/mol. The van der Waals surface area contributed by atoms with Crippen LogP contribution in [0.3, 0.4) is 0 Å². The van der Waals surface area contributed by atoms with Crippen LogP contribution in [0.2, 0.25) is 0 Å². The molecule has 6 heteroatoms. The largest absolute Gasteiger partial charge is 0.355 e. The summed E-state index contributed by atoms with van der Waals surface area (Å²) in [5.74, 6) is 1.26. The molecule has 5 nitrogen and oxygen atoms in total. The van der Waals surface area contributed by atoms with Gasteiger partial charge in [0.15, 0.2) is 5.96 Å². The van der Waals surface area contributed by atoms with E-state index in [1.165, 1.54) is 17.7 Å². The highest BCUT2D eigenvalue weighted by Gasteiger charge is 2.43. The SMILES string of the molecule is CN=C(NCCNC(=O)C1CC1)NCC1(Sc2ccccc2)CC1. The van der Waals surface area contributed by atoms with E-state index in [2.05, 4.69) is 51.3 Å². The van der Waals surface area contributed by atoms with E-state index < -0.39 is 0 Å². The molecule has 3 N–H and O–H groups in total. The maximum absolute atomic E-state index is 11.6. The second kappa shape index (κ2) is 7.92. The minimum Gasteiger partial charge on any atom is -0.355 e. The summed E-state index contributed by atoms with van der Waals surface area (Å²) in [5, 5.41) is 9.64. The van der Waals surface area contributed by atoms with Crippen LogP contribution in [0.1, 0.15) is 25.7 Å². The van der Waals surface area contributed by atoms with Gasteiger partial charge in [-0.3, -0.25) is 9.79 Å². The molecular weight excluding hydrogens is 320 g/mol. The second-order valence-corrected chi connectivity index (χ2v) is 8.06. The van der Waals surface area contributed by atoms with Gasteiger partial charge in [-0.1, -0.05) is 18.2 Å². The zero-order chi connectivity index (χ0) is 16.8. The Kier molecular flexibility index (Phi) is 5.66. The van der Waals surface area contributed by atoms with E-state index in [0.717, 1.165) is 25.3 Å². The molecule has 24 heavy (non-hydrogen) atoms. The van der Waals surface area contributed by atoms with E-state index in [1.807, 2.05) is 11.8 Å². The molecule has 0 bridgehead atoms. The van der Waals surface area contributed by atoms with Crippen LogP contribution in [0.25, 0.3) is 0 Å². The second-order valence-electron chi connectivity index (χ2n) is 6.52. The van der Waals surface area contributed by atoms with Gasteiger partial charge in [0.2, 0.25) is 5.91 Å². The first-order valence-electron chi connectivity index (χ1n) is 8.67. The van der Waals surface area contributed by atoms with Crippen molar-refractivity contribution in [2.24, 2.45) is 10.9 Å². The average Bonchev–Trinajstić information content (AvgIpc) is 3.50. The molecule has 0 radical (unpaired) electrons. The molecule has 2 aliphatic rings. The number of thioether (sulfide) groups is 1. The number of guanidine groups is 1. The molecule has 1 aromatic carbocycles. The van der Waals surface area contributed by atoms with Gasteiger partial charge in [0, 0.05) is 42.2 Å². The van der Waals surface area contributed by atoms with Crippen LogP contribution in [-0.2, 0) is 4.79 Å². The molecule has 1 amide bonds. The van der Waals surface area contributed by atoms with Crippen LogP contribution in [0.4, 0.5) is 0 Å². The fourth-order valence-electron chi connectivity index (χ4n) is 2.51. The van der Waals surface area contributed by atoms with Crippen LogP contribution in [0, 0.1) is 5.92 Å². The van der Waals surface area contributed by atoms with Gasteiger partial charge in [-0.05, 0) is 37.8 Å². The molecule has 2 saturated carbocycles. The molecule has 2 aliphatic carbocycles. The smallest absolute Gasteiger partial charge is 0.223 e. The van der Waals surface area contributed by atoms with Gasteiger partial charge in [-0.25, -0.2) is 0 Å². The summed E-state index contributed by atoms with van der Waals surface area (Å²) in [5.41, 5.74) is 0. The van der Waals surface area contributed by atoms with Gasteiger partial charge in [0.1, 0.15) is 0 Å². The molecule has 130 valence electrons. The summed E-state index contributed by atoms with van der Waals surface area (Å²) in [4.78, 5) is 17.2. The molecule has 0 aromatic heterocycles. The number of carbonyl (C=O) groups is 1. The number of hydrogen-bond donors (Lipinski definition) is 3. The van der Waals surface area contributed by atoms with Crippen molar-refractivity contribution in [1.82, 2.24) is 16.0 Å². The van der Waals surface area contributed by atoms with E-state index in [4.69, 9.17) is 0 Å². The van der Waals surface area contributed by atoms with Crippen molar-refractivity contribution in [3.8, 4) is 0 Å². The van der Waals surface area contributed by atoms with Crippen LogP contribution in [-0.4, -0.2) is 43.3 Å².